The first-order valence-corrected chi connectivity index (χ1v) is 8.15. The van der Waals surface area contributed by atoms with Gasteiger partial charge in [-0.3, -0.25) is 4.99 Å². The van der Waals surface area contributed by atoms with Crippen molar-refractivity contribution < 1.29 is 4.52 Å². The highest BCUT2D eigenvalue weighted by Crippen LogP contribution is 2.27. The lowest BCUT2D eigenvalue weighted by atomic mass is 10.2. The molecule has 3 rings (SSSR count). The average molecular weight is 462 g/mol. The third kappa shape index (κ3) is 5.62. The Kier molecular flexibility index (Phi) is 7.29. The van der Waals surface area contributed by atoms with Crippen molar-refractivity contribution in [2.24, 2.45) is 10.9 Å². The lowest BCUT2D eigenvalue weighted by molar-refractivity contribution is 0.378. The Morgan fingerprint density at radius 1 is 1.29 bits per heavy atom. The largest absolute Gasteiger partial charge is 0.356 e. The van der Waals surface area contributed by atoms with E-state index in [0.29, 0.717) is 29.7 Å². The van der Waals surface area contributed by atoms with E-state index in [9.17, 15) is 0 Å². The van der Waals surface area contributed by atoms with Crippen molar-refractivity contribution in [3.8, 4) is 11.4 Å². The standard InChI is InChI=1S/C16H20ClN5O.HI/c1-18-16(20-10-11-2-3-11)19-9-8-14-21-15(22-23-14)12-4-6-13(17)7-5-12;/h4-7,11H,2-3,8-10H2,1H3,(H2,18,19,20);1H. The van der Waals surface area contributed by atoms with Gasteiger partial charge in [0.15, 0.2) is 5.96 Å². The van der Waals surface area contributed by atoms with E-state index in [-0.39, 0.29) is 24.0 Å². The van der Waals surface area contributed by atoms with Crippen LogP contribution in [0.1, 0.15) is 18.7 Å². The lowest BCUT2D eigenvalue weighted by Crippen LogP contribution is -2.39. The van der Waals surface area contributed by atoms with Crippen LogP contribution in [0.15, 0.2) is 33.8 Å². The van der Waals surface area contributed by atoms with Gasteiger partial charge in [-0.1, -0.05) is 16.8 Å². The second kappa shape index (κ2) is 9.22. The van der Waals surface area contributed by atoms with Gasteiger partial charge in [-0.25, -0.2) is 0 Å². The maximum Gasteiger partial charge on any atom is 0.228 e. The van der Waals surface area contributed by atoms with Gasteiger partial charge in [0.1, 0.15) is 0 Å². The highest BCUT2D eigenvalue weighted by Gasteiger charge is 2.21. The minimum atomic E-state index is 0. The molecule has 1 fully saturated rings. The molecule has 6 nitrogen and oxygen atoms in total. The summed E-state index contributed by atoms with van der Waals surface area (Å²) in [5, 5.41) is 11.3. The molecule has 130 valence electrons. The van der Waals surface area contributed by atoms with Crippen LogP contribution < -0.4 is 10.6 Å². The quantitative estimate of drug-likeness (QED) is 0.393. The number of aliphatic imine (C=N–C) groups is 1. The van der Waals surface area contributed by atoms with Gasteiger partial charge in [-0.2, -0.15) is 4.98 Å². The SMILES string of the molecule is CN=C(NCCc1nc(-c2ccc(Cl)cc2)no1)NCC1CC1.I. The Morgan fingerprint density at radius 2 is 2.04 bits per heavy atom. The van der Waals surface area contributed by atoms with Gasteiger partial charge in [0.05, 0.1) is 0 Å². The number of nitrogens with one attached hydrogen (secondary N) is 2. The number of hydrogen-bond acceptors (Lipinski definition) is 4. The molecule has 1 aromatic heterocycles. The molecule has 0 bridgehead atoms. The molecule has 1 heterocycles. The predicted octanol–water partition coefficient (Wildman–Crippen LogP) is 3.13. The summed E-state index contributed by atoms with van der Waals surface area (Å²) >= 11 is 5.88. The number of benzene rings is 1. The number of halogens is 2. The molecular weight excluding hydrogens is 441 g/mol. The van der Waals surface area contributed by atoms with Crippen LogP contribution in [-0.2, 0) is 6.42 Å². The monoisotopic (exact) mass is 461 g/mol. The smallest absolute Gasteiger partial charge is 0.228 e. The molecule has 0 aliphatic heterocycles. The minimum absolute atomic E-state index is 0. The normalized spacial score (nSPS) is 14.2. The molecule has 1 saturated carbocycles. The number of hydrogen-bond donors (Lipinski definition) is 2. The Morgan fingerprint density at radius 3 is 2.71 bits per heavy atom. The number of rotatable bonds is 6. The second-order valence-corrected chi connectivity index (χ2v) is 6.03. The molecule has 2 N–H and O–H groups in total. The van der Waals surface area contributed by atoms with Gasteiger partial charge in [0.2, 0.25) is 11.7 Å². The molecule has 0 amide bonds. The second-order valence-electron chi connectivity index (χ2n) is 5.59. The van der Waals surface area contributed by atoms with E-state index >= 15 is 0 Å². The zero-order valence-corrected chi connectivity index (χ0v) is 16.5. The summed E-state index contributed by atoms with van der Waals surface area (Å²) in [6.07, 6.45) is 3.28. The van der Waals surface area contributed by atoms with Crippen LogP contribution in [0.2, 0.25) is 5.02 Å². The van der Waals surface area contributed by atoms with Crippen molar-refractivity contribution >= 4 is 41.5 Å². The van der Waals surface area contributed by atoms with E-state index in [2.05, 4.69) is 25.8 Å². The summed E-state index contributed by atoms with van der Waals surface area (Å²) in [5.74, 6) is 2.80. The fraction of sp³-hybridized carbons (Fsp3) is 0.438. The Bertz CT molecular complexity index is 669. The number of nitrogens with zero attached hydrogens (tertiary/aromatic N) is 3. The van der Waals surface area contributed by atoms with Gasteiger partial charge in [0, 0.05) is 37.1 Å². The molecule has 1 aromatic carbocycles. The maximum absolute atomic E-state index is 5.88. The summed E-state index contributed by atoms with van der Waals surface area (Å²) in [7, 11) is 1.77. The van der Waals surface area contributed by atoms with E-state index in [0.717, 1.165) is 24.0 Å². The summed E-state index contributed by atoms with van der Waals surface area (Å²) in [6, 6.07) is 7.37. The van der Waals surface area contributed by atoms with Crippen LogP contribution in [0.5, 0.6) is 0 Å². The van der Waals surface area contributed by atoms with Crippen LogP contribution in [0.3, 0.4) is 0 Å². The van der Waals surface area contributed by atoms with Crippen molar-refractivity contribution in [2.75, 3.05) is 20.1 Å². The number of guanidine groups is 1. The first-order valence-electron chi connectivity index (χ1n) is 7.77. The molecule has 1 aliphatic carbocycles. The van der Waals surface area contributed by atoms with Crippen molar-refractivity contribution in [3.05, 3.63) is 35.2 Å². The van der Waals surface area contributed by atoms with Gasteiger partial charge < -0.3 is 15.2 Å². The molecule has 0 unspecified atom stereocenters. The Labute approximate surface area is 163 Å². The van der Waals surface area contributed by atoms with E-state index in [1.807, 2.05) is 24.3 Å². The summed E-state index contributed by atoms with van der Waals surface area (Å²) in [6.45, 7) is 1.67. The Hall–Kier alpha value is -1.35. The third-order valence-electron chi connectivity index (χ3n) is 3.68. The molecule has 1 aliphatic rings. The molecule has 0 spiro atoms. The molecule has 24 heavy (non-hydrogen) atoms. The summed E-state index contributed by atoms with van der Waals surface area (Å²) < 4.78 is 5.28. The summed E-state index contributed by atoms with van der Waals surface area (Å²) in [5.41, 5.74) is 0.888. The molecule has 0 atom stereocenters. The minimum Gasteiger partial charge on any atom is -0.356 e. The van der Waals surface area contributed by atoms with Crippen LogP contribution in [0, 0.1) is 5.92 Å². The topological polar surface area (TPSA) is 75.3 Å². The van der Waals surface area contributed by atoms with Crippen LogP contribution in [0.25, 0.3) is 11.4 Å². The van der Waals surface area contributed by atoms with Crippen molar-refractivity contribution in [1.82, 2.24) is 20.8 Å². The molecular formula is C16H21ClIN5O. The van der Waals surface area contributed by atoms with Crippen molar-refractivity contribution in [1.29, 1.82) is 0 Å². The van der Waals surface area contributed by atoms with Crippen molar-refractivity contribution in [3.63, 3.8) is 0 Å². The molecule has 0 saturated heterocycles. The predicted molar refractivity (Wildman–Crippen MR) is 106 cm³/mol. The van der Waals surface area contributed by atoms with Gasteiger partial charge >= 0.3 is 0 Å². The fourth-order valence-corrected chi connectivity index (χ4v) is 2.27. The van der Waals surface area contributed by atoms with E-state index < -0.39 is 0 Å². The zero-order valence-electron chi connectivity index (χ0n) is 13.5. The van der Waals surface area contributed by atoms with Crippen LogP contribution in [-0.4, -0.2) is 36.2 Å². The first-order chi connectivity index (χ1) is 11.2. The number of aromatic nitrogens is 2. The van der Waals surface area contributed by atoms with Gasteiger partial charge in [-0.15, -0.1) is 24.0 Å². The lowest BCUT2D eigenvalue weighted by Gasteiger charge is -2.10. The molecule has 0 radical (unpaired) electrons. The summed E-state index contributed by atoms with van der Waals surface area (Å²) in [4.78, 5) is 8.59. The first kappa shape index (κ1) is 19.0. The van der Waals surface area contributed by atoms with E-state index in [1.54, 1.807) is 7.05 Å². The van der Waals surface area contributed by atoms with Gasteiger partial charge in [-0.05, 0) is 43.0 Å². The van der Waals surface area contributed by atoms with E-state index in [1.165, 1.54) is 12.8 Å². The van der Waals surface area contributed by atoms with E-state index in [4.69, 9.17) is 16.1 Å². The molecule has 8 heteroatoms. The highest BCUT2D eigenvalue weighted by molar-refractivity contribution is 14.0. The fourth-order valence-electron chi connectivity index (χ4n) is 2.14. The van der Waals surface area contributed by atoms with Crippen LogP contribution >= 0.6 is 35.6 Å². The molecule has 2 aromatic rings. The van der Waals surface area contributed by atoms with Crippen LogP contribution in [0.4, 0.5) is 0 Å². The highest BCUT2D eigenvalue weighted by atomic mass is 127. The zero-order chi connectivity index (χ0) is 16.1. The maximum atomic E-state index is 5.88. The van der Waals surface area contributed by atoms with Crippen molar-refractivity contribution in [2.45, 2.75) is 19.3 Å². The van der Waals surface area contributed by atoms with Gasteiger partial charge in [0.25, 0.3) is 0 Å². The Balaban J connectivity index is 0.00000208. The third-order valence-corrected chi connectivity index (χ3v) is 3.93. The average Bonchev–Trinajstić information content (AvgIpc) is 3.28.